The van der Waals surface area contributed by atoms with E-state index in [2.05, 4.69) is 15.2 Å². The topological polar surface area (TPSA) is 101 Å². The Bertz CT molecular complexity index is 1010. The number of hydrogen-bond donors (Lipinski definition) is 1. The second kappa shape index (κ2) is 8.69. The molecule has 0 aliphatic carbocycles. The molecular formula is C20H22N4O4S. The van der Waals surface area contributed by atoms with Gasteiger partial charge in [0, 0.05) is 30.2 Å². The average Bonchev–Trinajstić information content (AvgIpc) is 3.39. The number of nitrogens with zero attached hydrogens (tertiary/aromatic N) is 3. The molecule has 3 aromatic rings. The minimum atomic E-state index is -0.241. The Morgan fingerprint density at radius 3 is 3.07 bits per heavy atom. The van der Waals surface area contributed by atoms with Crippen LogP contribution in [0.25, 0.3) is 22.4 Å². The Morgan fingerprint density at radius 2 is 2.21 bits per heavy atom. The van der Waals surface area contributed by atoms with Gasteiger partial charge in [0.1, 0.15) is 0 Å². The molecule has 1 amide bonds. The summed E-state index contributed by atoms with van der Waals surface area (Å²) in [6, 6.07) is 7.87. The number of H-pyrrole nitrogens is 1. The number of carbonyl (C=O) groups is 2. The van der Waals surface area contributed by atoms with Crippen LogP contribution in [0.4, 0.5) is 0 Å². The van der Waals surface area contributed by atoms with Crippen LogP contribution in [-0.2, 0) is 14.3 Å². The summed E-state index contributed by atoms with van der Waals surface area (Å²) in [7, 11) is 0. The van der Waals surface area contributed by atoms with E-state index in [9.17, 15) is 9.59 Å². The van der Waals surface area contributed by atoms with Crippen molar-refractivity contribution in [1.29, 1.82) is 0 Å². The van der Waals surface area contributed by atoms with E-state index in [0.29, 0.717) is 30.8 Å². The molecule has 0 radical (unpaired) electrons. The number of piperidine rings is 1. The van der Waals surface area contributed by atoms with Gasteiger partial charge in [0.2, 0.25) is 5.91 Å². The molecular weight excluding hydrogens is 392 g/mol. The lowest BCUT2D eigenvalue weighted by molar-refractivity contribution is -0.151. The second-order valence-electron chi connectivity index (χ2n) is 6.84. The third kappa shape index (κ3) is 4.29. The van der Waals surface area contributed by atoms with Crippen LogP contribution >= 0.6 is 11.8 Å². The van der Waals surface area contributed by atoms with Gasteiger partial charge in [-0.05, 0) is 25.8 Å². The number of likely N-dealkylation sites (tertiary alicyclic amines) is 1. The normalized spacial score (nSPS) is 16.9. The SMILES string of the molecule is CCOC(=O)C1CCCN(C(=O)CSc2nnc(-c3c[nH]c4ccccc34)o2)C1. The molecule has 8 nitrogen and oxygen atoms in total. The van der Waals surface area contributed by atoms with Crippen LogP contribution in [-0.4, -0.2) is 57.4 Å². The summed E-state index contributed by atoms with van der Waals surface area (Å²) in [5.41, 5.74) is 1.82. The smallest absolute Gasteiger partial charge is 0.310 e. The van der Waals surface area contributed by atoms with Crippen molar-refractivity contribution in [2.45, 2.75) is 25.0 Å². The van der Waals surface area contributed by atoms with Gasteiger partial charge in [-0.2, -0.15) is 0 Å². The third-order valence-corrected chi connectivity index (χ3v) is 5.74. The molecule has 2 aromatic heterocycles. The largest absolute Gasteiger partial charge is 0.466 e. The Balaban J connectivity index is 1.36. The number of aromatic nitrogens is 3. The number of ether oxygens (including phenoxy) is 1. The maximum atomic E-state index is 12.6. The van der Waals surface area contributed by atoms with Gasteiger partial charge in [-0.1, -0.05) is 30.0 Å². The molecule has 0 saturated carbocycles. The number of thioether (sulfide) groups is 1. The van der Waals surface area contributed by atoms with Crippen molar-refractivity contribution in [2.24, 2.45) is 5.92 Å². The van der Waals surface area contributed by atoms with Crippen molar-refractivity contribution in [2.75, 3.05) is 25.4 Å². The highest BCUT2D eigenvalue weighted by Crippen LogP contribution is 2.29. The number of fused-ring (bicyclic) bond motifs is 1. The summed E-state index contributed by atoms with van der Waals surface area (Å²) in [5.74, 6) is 0.0893. The number of nitrogens with one attached hydrogen (secondary N) is 1. The summed E-state index contributed by atoms with van der Waals surface area (Å²) in [6.07, 6.45) is 3.39. The predicted molar refractivity (Wildman–Crippen MR) is 108 cm³/mol. The van der Waals surface area contributed by atoms with E-state index >= 15 is 0 Å². The first-order chi connectivity index (χ1) is 14.2. The molecule has 1 fully saturated rings. The van der Waals surface area contributed by atoms with Crippen molar-refractivity contribution in [3.8, 4) is 11.5 Å². The predicted octanol–water partition coefficient (Wildman–Crippen LogP) is 3.11. The van der Waals surface area contributed by atoms with Crippen molar-refractivity contribution >= 4 is 34.5 Å². The van der Waals surface area contributed by atoms with Crippen LogP contribution < -0.4 is 0 Å². The molecule has 4 rings (SSSR count). The highest BCUT2D eigenvalue weighted by Gasteiger charge is 2.29. The maximum Gasteiger partial charge on any atom is 0.310 e. The fourth-order valence-corrected chi connectivity index (χ4v) is 4.16. The molecule has 1 unspecified atom stereocenters. The second-order valence-corrected chi connectivity index (χ2v) is 7.77. The number of amides is 1. The van der Waals surface area contributed by atoms with Gasteiger partial charge in [-0.3, -0.25) is 9.59 Å². The van der Waals surface area contributed by atoms with Crippen molar-refractivity contribution in [3.63, 3.8) is 0 Å². The summed E-state index contributed by atoms with van der Waals surface area (Å²) < 4.78 is 10.8. The third-order valence-electron chi connectivity index (χ3n) is 4.94. The molecule has 3 heterocycles. The van der Waals surface area contributed by atoms with E-state index in [1.54, 1.807) is 11.8 Å². The monoisotopic (exact) mass is 414 g/mol. The van der Waals surface area contributed by atoms with E-state index < -0.39 is 0 Å². The standard InChI is InChI=1S/C20H22N4O4S/c1-2-27-19(26)13-6-5-9-24(11-13)17(25)12-29-20-23-22-18(28-20)15-10-21-16-8-4-3-7-14(15)16/h3-4,7-8,10,13,21H,2,5-6,9,11-12H2,1H3. The summed E-state index contributed by atoms with van der Waals surface area (Å²) in [4.78, 5) is 29.4. The molecule has 9 heteroatoms. The number of benzene rings is 1. The van der Waals surface area contributed by atoms with Crippen molar-refractivity contribution in [3.05, 3.63) is 30.5 Å². The van der Waals surface area contributed by atoms with Gasteiger partial charge in [0.15, 0.2) is 0 Å². The lowest BCUT2D eigenvalue weighted by Crippen LogP contribution is -2.43. The molecule has 1 aromatic carbocycles. The van der Waals surface area contributed by atoms with E-state index in [1.165, 1.54) is 11.8 Å². The number of aromatic amines is 1. The molecule has 1 aliphatic heterocycles. The lowest BCUT2D eigenvalue weighted by Gasteiger charge is -2.31. The fraction of sp³-hybridized carbons (Fsp3) is 0.400. The first-order valence-electron chi connectivity index (χ1n) is 9.63. The van der Waals surface area contributed by atoms with Crippen LogP contribution in [0.3, 0.4) is 0 Å². The summed E-state index contributed by atoms with van der Waals surface area (Å²) >= 11 is 1.21. The van der Waals surface area contributed by atoms with E-state index in [0.717, 1.165) is 29.3 Å². The molecule has 1 atom stereocenters. The maximum absolute atomic E-state index is 12.6. The average molecular weight is 414 g/mol. The van der Waals surface area contributed by atoms with E-state index in [4.69, 9.17) is 9.15 Å². The number of esters is 1. The molecule has 0 spiro atoms. The lowest BCUT2D eigenvalue weighted by atomic mass is 9.98. The van der Waals surface area contributed by atoms with E-state index in [1.807, 2.05) is 30.5 Å². The van der Waals surface area contributed by atoms with Crippen LogP contribution in [0.5, 0.6) is 0 Å². The van der Waals surface area contributed by atoms with Crippen molar-refractivity contribution < 1.29 is 18.7 Å². The molecule has 29 heavy (non-hydrogen) atoms. The molecule has 1 N–H and O–H groups in total. The van der Waals surface area contributed by atoms with Gasteiger partial charge in [-0.15, -0.1) is 10.2 Å². The highest BCUT2D eigenvalue weighted by molar-refractivity contribution is 7.99. The van der Waals surface area contributed by atoms with Crippen molar-refractivity contribution in [1.82, 2.24) is 20.1 Å². The van der Waals surface area contributed by atoms with Gasteiger partial charge < -0.3 is 19.0 Å². The Labute approximate surface area is 172 Å². The number of para-hydroxylation sites is 1. The Morgan fingerprint density at radius 1 is 1.34 bits per heavy atom. The zero-order valence-corrected chi connectivity index (χ0v) is 16.9. The molecule has 1 saturated heterocycles. The number of carbonyl (C=O) groups excluding carboxylic acids is 2. The van der Waals surface area contributed by atoms with Crippen LogP contribution in [0, 0.1) is 5.92 Å². The minimum Gasteiger partial charge on any atom is -0.466 e. The van der Waals surface area contributed by atoms with Gasteiger partial charge in [0.05, 0.1) is 23.8 Å². The van der Waals surface area contributed by atoms with Crippen LogP contribution in [0.2, 0.25) is 0 Å². The molecule has 0 bridgehead atoms. The fourth-order valence-electron chi connectivity index (χ4n) is 3.50. The first kappa shape index (κ1) is 19.5. The van der Waals surface area contributed by atoms with Crippen LogP contribution in [0.1, 0.15) is 19.8 Å². The van der Waals surface area contributed by atoms with Gasteiger partial charge >= 0.3 is 5.97 Å². The summed E-state index contributed by atoms with van der Waals surface area (Å²) in [5, 5.41) is 9.51. The van der Waals surface area contributed by atoms with Gasteiger partial charge in [0.25, 0.3) is 11.1 Å². The Kier molecular flexibility index (Phi) is 5.84. The highest BCUT2D eigenvalue weighted by atomic mass is 32.2. The quantitative estimate of drug-likeness (QED) is 0.488. The number of rotatable bonds is 6. The van der Waals surface area contributed by atoms with Gasteiger partial charge in [-0.25, -0.2) is 0 Å². The van der Waals surface area contributed by atoms with Crippen LogP contribution in [0.15, 0.2) is 40.1 Å². The zero-order chi connectivity index (χ0) is 20.2. The summed E-state index contributed by atoms with van der Waals surface area (Å²) in [6.45, 7) is 3.20. The van der Waals surface area contributed by atoms with E-state index in [-0.39, 0.29) is 23.5 Å². The minimum absolute atomic E-state index is 0.0455. The zero-order valence-electron chi connectivity index (χ0n) is 16.1. The first-order valence-corrected chi connectivity index (χ1v) is 10.6. The number of hydrogen-bond acceptors (Lipinski definition) is 7. The Hall–Kier alpha value is -2.81. The molecule has 1 aliphatic rings. The molecule has 152 valence electrons.